The fourth-order valence-corrected chi connectivity index (χ4v) is 1.96. The van der Waals surface area contributed by atoms with Crippen LogP contribution in [-0.2, 0) is 10.3 Å². The van der Waals surface area contributed by atoms with Gasteiger partial charge in [-0.2, -0.15) is 4.99 Å². The number of fused-ring (bicyclic) bond motifs is 1. The number of hydrogen-bond donors (Lipinski definition) is 0. The van der Waals surface area contributed by atoms with E-state index in [-0.39, 0.29) is 5.54 Å². The summed E-state index contributed by atoms with van der Waals surface area (Å²) in [6, 6.07) is 11.9. The van der Waals surface area contributed by atoms with E-state index in [0.717, 1.165) is 29.4 Å². The molecule has 0 saturated heterocycles. The Morgan fingerprint density at radius 3 is 2.75 bits per heavy atom. The Hall–Kier alpha value is -1.99. The number of benzene rings is 1. The van der Waals surface area contributed by atoms with E-state index in [0.29, 0.717) is 0 Å². The van der Waals surface area contributed by atoms with Crippen LogP contribution in [0.5, 0.6) is 0 Å². The number of nitrogens with zero attached hydrogens (tertiary/aromatic N) is 2. The van der Waals surface area contributed by atoms with Crippen molar-refractivity contribution < 1.29 is 4.79 Å². The molecule has 1 fully saturated rings. The van der Waals surface area contributed by atoms with Crippen molar-refractivity contribution in [3.8, 4) is 0 Å². The molecule has 1 aromatic heterocycles. The van der Waals surface area contributed by atoms with Crippen molar-refractivity contribution >= 4 is 17.0 Å². The summed E-state index contributed by atoms with van der Waals surface area (Å²) in [5.41, 5.74) is 1.47. The Morgan fingerprint density at radius 2 is 2.00 bits per heavy atom. The van der Waals surface area contributed by atoms with Gasteiger partial charge < -0.3 is 0 Å². The number of aliphatic imine (C=N–C) groups is 1. The Morgan fingerprint density at radius 1 is 1.19 bits per heavy atom. The zero-order chi connectivity index (χ0) is 11.0. The maximum Gasteiger partial charge on any atom is 0.235 e. The first-order valence-corrected chi connectivity index (χ1v) is 5.29. The summed E-state index contributed by atoms with van der Waals surface area (Å²) in [6.07, 6.45) is 3.44. The minimum Gasteiger partial charge on any atom is -0.250 e. The van der Waals surface area contributed by atoms with Gasteiger partial charge in [0.1, 0.15) is 5.54 Å². The van der Waals surface area contributed by atoms with Gasteiger partial charge in [0.15, 0.2) is 0 Å². The average molecular weight is 210 g/mol. The number of isocyanates is 1. The monoisotopic (exact) mass is 210 g/mol. The average Bonchev–Trinajstić information content (AvgIpc) is 3.10. The van der Waals surface area contributed by atoms with E-state index in [1.54, 1.807) is 6.08 Å². The molecule has 0 unspecified atom stereocenters. The molecule has 3 heteroatoms. The van der Waals surface area contributed by atoms with Crippen molar-refractivity contribution in [1.29, 1.82) is 0 Å². The van der Waals surface area contributed by atoms with Gasteiger partial charge in [-0.15, -0.1) is 0 Å². The van der Waals surface area contributed by atoms with Crippen molar-refractivity contribution in [1.82, 2.24) is 4.98 Å². The van der Waals surface area contributed by atoms with Crippen LogP contribution in [0.2, 0.25) is 0 Å². The molecule has 2 aromatic rings. The Kier molecular flexibility index (Phi) is 1.88. The van der Waals surface area contributed by atoms with Crippen LogP contribution in [0.25, 0.3) is 10.9 Å². The minimum atomic E-state index is -0.369. The second-order valence-corrected chi connectivity index (χ2v) is 4.12. The molecule has 0 radical (unpaired) electrons. The number of para-hydroxylation sites is 1. The van der Waals surface area contributed by atoms with Gasteiger partial charge in [-0.25, -0.2) is 4.79 Å². The van der Waals surface area contributed by atoms with Crippen LogP contribution in [0.1, 0.15) is 18.5 Å². The Bertz CT molecular complexity index is 596. The largest absolute Gasteiger partial charge is 0.250 e. The molecule has 0 amide bonds. The summed E-state index contributed by atoms with van der Waals surface area (Å²) < 4.78 is 0. The van der Waals surface area contributed by atoms with Gasteiger partial charge in [-0.3, -0.25) is 4.98 Å². The topological polar surface area (TPSA) is 42.3 Å². The van der Waals surface area contributed by atoms with Crippen LogP contribution in [-0.4, -0.2) is 11.1 Å². The van der Waals surface area contributed by atoms with Crippen molar-refractivity contribution in [2.24, 2.45) is 4.99 Å². The minimum absolute atomic E-state index is 0.369. The zero-order valence-corrected chi connectivity index (χ0v) is 8.68. The van der Waals surface area contributed by atoms with Crippen LogP contribution >= 0.6 is 0 Å². The predicted molar refractivity (Wildman–Crippen MR) is 60.8 cm³/mol. The normalized spacial score (nSPS) is 16.8. The maximum atomic E-state index is 10.4. The van der Waals surface area contributed by atoms with E-state index in [1.807, 2.05) is 36.4 Å². The van der Waals surface area contributed by atoms with Crippen LogP contribution in [0.3, 0.4) is 0 Å². The highest BCUT2D eigenvalue weighted by Gasteiger charge is 2.46. The lowest BCUT2D eigenvalue weighted by Crippen LogP contribution is -2.05. The summed E-state index contributed by atoms with van der Waals surface area (Å²) in [6.45, 7) is 0. The number of pyridine rings is 1. The van der Waals surface area contributed by atoms with Gasteiger partial charge in [0.05, 0.1) is 11.2 Å². The van der Waals surface area contributed by atoms with Crippen molar-refractivity contribution in [3.63, 3.8) is 0 Å². The highest BCUT2D eigenvalue weighted by Crippen LogP contribution is 2.48. The first kappa shape index (κ1) is 9.25. The highest BCUT2D eigenvalue weighted by atomic mass is 16.1. The molecule has 16 heavy (non-hydrogen) atoms. The third-order valence-corrected chi connectivity index (χ3v) is 3.06. The molecule has 0 N–H and O–H groups in total. The molecular weight excluding hydrogens is 200 g/mol. The second kappa shape index (κ2) is 3.26. The highest BCUT2D eigenvalue weighted by molar-refractivity contribution is 5.78. The molecule has 3 rings (SSSR count). The van der Waals surface area contributed by atoms with E-state index in [2.05, 4.69) is 9.98 Å². The lowest BCUT2D eigenvalue weighted by atomic mass is 10.1. The first-order chi connectivity index (χ1) is 7.84. The molecule has 0 spiro atoms. The Labute approximate surface area is 92.8 Å². The molecule has 0 aliphatic heterocycles. The van der Waals surface area contributed by atoms with E-state index in [9.17, 15) is 4.79 Å². The number of aromatic nitrogens is 1. The molecular formula is C13H10N2O. The van der Waals surface area contributed by atoms with E-state index < -0.39 is 0 Å². The molecule has 3 nitrogen and oxygen atoms in total. The molecule has 1 aliphatic carbocycles. The molecule has 78 valence electrons. The van der Waals surface area contributed by atoms with Crippen LogP contribution in [0.4, 0.5) is 0 Å². The predicted octanol–water partition coefficient (Wildman–Crippen LogP) is 2.56. The number of rotatable bonds is 2. The summed E-state index contributed by atoms with van der Waals surface area (Å²) in [7, 11) is 0. The van der Waals surface area contributed by atoms with Gasteiger partial charge in [0, 0.05) is 5.39 Å². The van der Waals surface area contributed by atoms with Crippen LogP contribution in [0, 0.1) is 0 Å². The molecule has 0 bridgehead atoms. The third-order valence-electron chi connectivity index (χ3n) is 3.06. The van der Waals surface area contributed by atoms with Gasteiger partial charge in [-0.05, 0) is 25.0 Å². The standard InChI is InChI=1S/C13H10N2O/c16-9-14-13(7-8-13)12-6-5-10-3-1-2-4-11(10)15-12/h1-6H,7-8H2. The van der Waals surface area contributed by atoms with E-state index in [4.69, 9.17) is 0 Å². The Balaban J connectivity index is 2.15. The molecule has 1 heterocycles. The van der Waals surface area contributed by atoms with Crippen molar-refractivity contribution in [2.45, 2.75) is 18.4 Å². The lowest BCUT2D eigenvalue weighted by Gasteiger charge is -2.07. The zero-order valence-electron chi connectivity index (χ0n) is 8.68. The lowest BCUT2D eigenvalue weighted by molar-refractivity contribution is 0.555. The third kappa shape index (κ3) is 1.34. The van der Waals surface area contributed by atoms with E-state index >= 15 is 0 Å². The molecule has 1 saturated carbocycles. The molecule has 0 atom stereocenters. The smallest absolute Gasteiger partial charge is 0.235 e. The quantitative estimate of drug-likeness (QED) is 0.564. The summed E-state index contributed by atoms with van der Waals surface area (Å²) in [5, 5.41) is 1.11. The van der Waals surface area contributed by atoms with Crippen molar-refractivity contribution in [2.75, 3.05) is 0 Å². The summed E-state index contributed by atoms with van der Waals surface area (Å²) in [4.78, 5) is 18.8. The van der Waals surface area contributed by atoms with Crippen LogP contribution < -0.4 is 0 Å². The maximum absolute atomic E-state index is 10.4. The number of hydrogen-bond acceptors (Lipinski definition) is 3. The second-order valence-electron chi connectivity index (χ2n) is 4.12. The van der Waals surface area contributed by atoms with Gasteiger partial charge in [0.2, 0.25) is 6.08 Å². The molecule has 1 aliphatic rings. The molecule has 1 aromatic carbocycles. The van der Waals surface area contributed by atoms with E-state index in [1.165, 1.54) is 0 Å². The van der Waals surface area contributed by atoms with Gasteiger partial charge in [0.25, 0.3) is 0 Å². The summed E-state index contributed by atoms with van der Waals surface area (Å²) in [5.74, 6) is 0. The number of carbonyl (C=O) groups excluding carboxylic acids is 1. The van der Waals surface area contributed by atoms with Gasteiger partial charge in [-0.1, -0.05) is 24.3 Å². The fourth-order valence-electron chi connectivity index (χ4n) is 1.96. The fraction of sp³-hybridized carbons (Fsp3) is 0.231. The summed E-state index contributed by atoms with van der Waals surface area (Å²) >= 11 is 0. The first-order valence-electron chi connectivity index (χ1n) is 5.29. The van der Waals surface area contributed by atoms with Crippen molar-refractivity contribution in [3.05, 3.63) is 42.1 Å². The van der Waals surface area contributed by atoms with Crippen LogP contribution in [0.15, 0.2) is 41.4 Å². The SMILES string of the molecule is O=C=NC1(c2ccc3ccccc3n2)CC1. The van der Waals surface area contributed by atoms with Gasteiger partial charge >= 0.3 is 0 Å².